The molecule has 0 aliphatic carbocycles. The molecule has 0 saturated heterocycles. The van der Waals surface area contributed by atoms with Gasteiger partial charge in [-0.05, 0) is 63.9 Å². The summed E-state index contributed by atoms with van der Waals surface area (Å²) in [6.07, 6.45) is 5.05. The number of ketones is 1. The Balaban J connectivity index is 2.18. The SMILES string of the molecule is CCn1ncc(C(=O)/C=C/c2cc(Br)c(Br)s2)c1C. The number of thiophene rings is 1. The lowest BCUT2D eigenvalue weighted by Crippen LogP contribution is -2.01. The smallest absolute Gasteiger partial charge is 0.189 e. The molecule has 0 aromatic carbocycles. The van der Waals surface area contributed by atoms with Crippen molar-refractivity contribution in [3.8, 4) is 0 Å². The second-order valence-electron chi connectivity index (χ2n) is 3.93. The molecule has 0 aliphatic rings. The van der Waals surface area contributed by atoms with Crippen molar-refractivity contribution in [1.29, 1.82) is 0 Å². The molecule has 0 bridgehead atoms. The summed E-state index contributed by atoms with van der Waals surface area (Å²) in [6, 6.07) is 1.97. The lowest BCUT2D eigenvalue weighted by atomic mass is 10.1. The first-order valence-corrected chi connectivity index (χ1v) is 8.12. The molecule has 0 atom stereocenters. The van der Waals surface area contributed by atoms with Crippen LogP contribution in [0.25, 0.3) is 6.08 Å². The molecule has 0 fully saturated rings. The summed E-state index contributed by atoms with van der Waals surface area (Å²) < 4.78 is 3.84. The highest BCUT2D eigenvalue weighted by Gasteiger charge is 2.11. The van der Waals surface area contributed by atoms with E-state index in [4.69, 9.17) is 0 Å². The molecule has 0 radical (unpaired) electrons. The van der Waals surface area contributed by atoms with Crippen LogP contribution in [-0.4, -0.2) is 15.6 Å². The standard InChI is InChI=1S/C13H12Br2N2OS/c1-3-17-8(2)10(7-16-17)12(18)5-4-9-6-11(14)13(15)19-9/h4-7H,3H2,1-2H3/b5-4+. The second-order valence-corrected chi connectivity index (χ2v) is 7.18. The zero-order valence-electron chi connectivity index (χ0n) is 10.5. The number of rotatable bonds is 4. The van der Waals surface area contributed by atoms with Gasteiger partial charge in [-0.25, -0.2) is 0 Å². The zero-order valence-corrected chi connectivity index (χ0v) is 14.5. The van der Waals surface area contributed by atoms with Crippen molar-refractivity contribution in [2.24, 2.45) is 0 Å². The van der Waals surface area contributed by atoms with Gasteiger partial charge in [-0.2, -0.15) is 5.10 Å². The van der Waals surface area contributed by atoms with Crippen LogP contribution in [-0.2, 0) is 6.54 Å². The third-order valence-corrected chi connectivity index (χ3v) is 5.95. The van der Waals surface area contributed by atoms with Gasteiger partial charge in [0.15, 0.2) is 5.78 Å². The second kappa shape index (κ2) is 6.15. The molecule has 3 nitrogen and oxygen atoms in total. The first-order chi connectivity index (χ1) is 9.02. The quantitative estimate of drug-likeness (QED) is 0.548. The molecule has 0 aliphatic heterocycles. The summed E-state index contributed by atoms with van der Waals surface area (Å²) in [5, 5.41) is 4.18. The monoisotopic (exact) mass is 402 g/mol. The van der Waals surface area contributed by atoms with Crippen molar-refractivity contribution in [1.82, 2.24) is 9.78 Å². The molecule has 0 unspecified atom stereocenters. The van der Waals surface area contributed by atoms with Crippen LogP contribution in [0.1, 0.15) is 27.9 Å². The number of aryl methyl sites for hydroxylation is 1. The normalized spacial score (nSPS) is 11.4. The number of nitrogens with zero attached hydrogens (tertiary/aromatic N) is 2. The van der Waals surface area contributed by atoms with E-state index in [1.165, 1.54) is 0 Å². The van der Waals surface area contributed by atoms with E-state index >= 15 is 0 Å². The van der Waals surface area contributed by atoms with Crippen molar-refractivity contribution in [3.63, 3.8) is 0 Å². The Morgan fingerprint density at radius 2 is 2.26 bits per heavy atom. The van der Waals surface area contributed by atoms with Gasteiger partial charge in [-0.1, -0.05) is 0 Å². The molecule has 6 heteroatoms. The number of carbonyl (C=O) groups excluding carboxylic acids is 1. The van der Waals surface area contributed by atoms with E-state index in [0.717, 1.165) is 25.4 Å². The molecule has 2 heterocycles. The van der Waals surface area contributed by atoms with Crippen LogP contribution in [0.15, 0.2) is 26.6 Å². The van der Waals surface area contributed by atoms with Crippen molar-refractivity contribution in [3.05, 3.63) is 42.7 Å². The average Bonchev–Trinajstić information content (AvgIpc) is 2.90. The van der Waals surface area contributed by atoms with Gasteiger partial charge in [0.1, 0.15) is 0 Å². The van der Waals surface area contributed by atoms with E-state index in [-0.39, 0.29) is 5.78 Å². The van der Waals surface area contributed by atoms with Gasteiger partial charge in [0.25, 0.3) is 0 Å². The van der Waals surface area contributed by atoms with Crippen LogP contribution in [0.2, 0.25) is 0 Å². The van der Waals surface area contributed by atoms with E-state index in [9.17, 15) is 4.79 Å². The van der Waals surface area contributed by atoms with Gasteiger partial charge >= 0.3 is 0 Å². The average molecular weight is 404 g/mol. The Bertz CT molecular complexity index is 624. The maximum Gasteiger partial charge on any atom is 0.189 e. The Labute approximate surface area is 132 Å². The highest BCUT2D eigenvalue weighted by atomic mass is 79.9. The molecule has 2 rings (SSSR count). The Morgan fingerprint density at radius 1 is 1.53 bits per heavy atom. The zero-order chi connectivity index (χ0) is 14.0. The molecule has 2 aromatic rings. The van der Waals surface area contributed by atoms with Gasteiger partial charge in [-0.3, -0.25) is 9.48 Å². The predicted molar refractivity (Wildman–Crippen MR) is 85.7 cm³/mol. The Morgan fingerprint density at radius 3 is 2.79 bits per heavy atom. The third kappa shape index (κ3) is 3.24. The Kier molecular flexibility index (Phi) is 4.76. The lowest BCUT2D eigenvalue weighted by molar-refractivity contribution is 0.104. The highest BCUT2D eigenvalue weighted by Crippen LogP contribution is 2.33. The van der Waals surface area contributed by atoms with Crippen molar-refractivity contribution < 1.29 is 4.79 Å². The van der Waals surface area contributed by atoms with Crippen LogP contribution >= 0.6 is 43.2 Å². The van der Waals surface area contributed by atoms with E-state index < -0.39 is 0 Å². The number of aromatic nitrogens is 2. The van der Waals surface area contributed by atoms with Gasteiger partial charge in [0, 0.05) is 21.6 Å². The predicted octanol–water partition coefficient (Wildman–Crippen LogP) is 4.69. The minimum atomic E-state index is -0.0159. The molecule has 0 amide bonds. The maximum atomic E-state index is 12.1. The number of carbonyl (C=O) groups is 1. The summed E-state index contributed by atoms with van der Waals surface area (Å²) in [5.74, 6) is -0.0159. The lowest BCUT2D eigenvalue weighted by Gasteiger charge is -1.99. The fourth-order valence-corrected chi connectivity index (χ4v) is 3.69. The summed E-state index contributed by atoms with van der Waals surface area (Å²) in [6.45, 7) is 4.69. The molecule has 0 saturated carbocycles. The maximum absolute atomic E-state index is 12.1. The number of allylic oxidation sites excluding steroid dienone is 1. The van der Waals surface area contributed by atoms with Gasteiger partial charge < -0.3 is 0 Å². The highest BCUT2D eigenvalue weighted by molar-refractivity contribution is 9.13. The molecule has 2 aromatic heterocycles. The first-order valence-electron chi connectivity index (χ1n) is 5.72. The van der Waals surface area contributed by atoms with Crippen LogP contribution in [0, 0.1) is 6.92 Å². The first kappa shape index (κ1) is 14.7. The van der Waals surface area contributed by atoms with Crippen molar-refractivity contribution >= 4 is 55.1 Å². The number of hydrogen-bond donors (Lipinski definition) is 0. The number of hydrogen-bond acceptors (Lipinski definition) is 3. The fourth-order valence-electron chi connectivity index (χ4n) is 1.70. The van der Waals surface area contributed by atoms with Gasteiger partial charge in [-0.15, -0.1) is 11.3 Å². The summed E-state index contributed by atoms with van der Waals surface area (Å²) >= 11 is 8.43. The summed E-state index contributed by atoms with van der Waals surface area (Å²) in [7, 11) is 0. The Hall–Kier alpha value is -0.720. The fraction of sp³-hybridized carbons (Fsp3) is 0.231. The third-order valence-electron chi connectivity index (χ3n) is 2.73. The molecular formula is C13H12Br2N2OS. The van der Waals surface area contributed by atoms with E-state index in [1.807, 2.05) is 30.7 Å². The van der Waals surface area contributed by atoms with Gasteiger partial charge in [0.2, 0.25) is 0 Å². The largest absolute Gasteiger partial charge is 0.289 e. The van der Waals surface area contributed by atoms with Crippen LogP contribution in [0.4, 0.5) is 0 Å². The van der Waals surface area contributed by atoms with Crippen LogP contribution in [0.5, 0.6) is 0 Å². The molecule has 0 N–H and O–H groups in total. The van der Waals surface area contributed by atoms with Crippen LogP contribution < -0.4 is 0 Å². The molecular weight excluding hydrogens is 392 g/mol. The van der Waals surface area contributed by atoms with Crippen molar-refractivity contribution in [2.75, 3.05) is 0 Å². The molecule has 0 spiro atoms. The van der Waals surface area contributed by atoms with E-state index in [2.05, 4.69) is 37.0 Å². The summed E-state index contributed by atoms with van der Waals surface area (Å²) in [5.41, 5.74) is 1.57. The minimum absolute atomic E-state index is 0.0159. The van der Waals surface area contributed by atoms with E-state index in [0.29, 0.717) is 5.56 Å². The minimum Gasteiger partial charge on any atom is -0.289 e. The van der Waals surface area contributed by atoms with Crippen LogP contribution in [0.3, 0.4) is 0 Å². The molecule has 100 valence electrons. The van der Waals surface area contributed by atoms with E-state index in [1.54, 1.807) is 23.6 Å². The number of halogens is 2. The van der Waals surface area contributed by atoms with Crippen molar-refractivity contribution in [2.45, 2.75) is 20.4 Å². The van der Waals surface area contributed by atoms with Gasteiger partial charge in [0.05, 0.1) is 15.5 Å². The topological polar surface area (TPSA) is 34.9 Å². The molecule has 19 heavy (non-hydrogen) atoms. The summed E-state index contributed by atoms with van der Waals surface area (Å²) in [4.78, 5) is 13.1.